The van der Waals surface area contributed by atoms with Crippen LogP contribution in [0.25, 0.3) is 0 Å². The number of hydrogen-bond donors (Lipinski definition) is 1. The lowest BCUT2D eigenvalue weighted by Gasteiger charge is -2.38. The summed E-state index contributed by atoms with van der Waals surface area (Å²) >= 11 is 0. The third-order valence-electron chi connectivity index (χ3n) is 4.44. The van der Waals surface area contributed by atoms with E-state index in [1.165, 1.54) is 3.97 Å². The summed E-state index contributed by atoms with van der Waals surface area (Å²) in [5, 5.41) is 10.5. The van der Waals surface area contributed by atoms with Crippen molar-refractivity contribution in [2.24, 2.45) is 0 Å². The molecule has 1 heterocycles. The van der Waals surface area contributed by atoms with Crippen LogP contribution in [0.15, 0.2) is 42.6 Å². The van der Waals surface area contributed by atoms with Gasteiger partial charge in [0, 0.05) is 6.20 Å². The summed E-state index contributed by atoms with van der Waals surface area (Å²) in [4.78, 5) is 0. The molecule has 0 amide bonds. The zero-order chi connectivity index (χ0) is 14.4. The highest BCUT2D eigenvalue weighted by atomic mass is 32.2. The first-order valence-electron chi connectivity index (χ1n) is 6.89. The molecule has 4 nitrogen and oxygen atoms in total. The average Bonchev–Trinajstić information content (AvgIpc) is 2.87. The molecule has 3 rings (SSSR count). The van der Waals surface area contributed by atoms with Gasteiger partial charge in [-0.2, -0.15) is 0 Å². The van der Waals surface area contributed by atoms with E-state index in [1.807, 2.05) is 12.2 Å². The minimum atomic E-state index is -3.59. The summed E-state index contributed by atoms with van der Waals surface area (Å²) in [6.07, 6.45) is 11.4. The fourth-order valence-electron chi connectivity index (χ4n) is 2.83. The summed E-state index contributed by atoms with van der Waals surface area (Å²) in [6.45, 7) is 1.72. The van der Waals surface area contributed by atoms with Gasteiger partial charge in [-0.05, 0) is 44.7 Å². The monoisotopic (exact) mass is 293 g/mol. The van der Waals surface area contributed by atoms with Crippen molar-refractivity contribution in [1.29, 1.82) is 0 Å². The van der Waals surface area contributed by atoms with Crippen LogP contribution in [-0.4, -0.2) is 22.2 Å². The molecule has 1 aromatic heterocycles. The molecular formula is C15H19NO3S. The highest BCUT2D eigenvalue weighted by Crippen LogP contribution is 2.42. The molecular weight excluding hydrogens is 274 g/mol. The van der Waals surface area contributed by atoms with Gasteiger partial charge in [0.25, 0.3) is 0 Å². The fourth-order valence-corrected chi connectivity index (χ4v) is 4.55. The molecule has 0 bridgehead atoms. The van der Waals surface area contributed by atoms with Crippen molar-refractivity contribution in [3.8, 4) is 0 Å². The Morgan fingerprint density at radius 3 is 2.60 bits per heavy atom. The molecule has 1 saturated carbocycles. The predicted molar refractivity (Wildman–Crippen MR) is 77.8 cm³/mol. The van der Waals surface area contributed by atoms with Crippen molar-refractivity contribution in [3.05, 3.63) is 48.3 Å². The molecule has 1 N–H and O–H groups in total. The lowest BCUT2D eigenvalue weighted by molar-refractivity contribution is -0.0432. The van der Waals surface area contributed by atoms with Gasteiger partial charge in [-0.3, -0.25) is 0 Å². The highest BCUT2D eigenvalue weighted by molar-refractivity contribution is 7.91. The van der Waals surface area contributed by atoms with Crippen LogP contribution in [0, 0.1) is 0 Å². The van der Waals surface area contributed by atoms with E-state index < -0.39 is 20.4 Å². The smallest absolute Gasteiger partial charge is 0.248 e. The van der Waals surface area contributed by atoms with E-state index in [2.05, 4.69) is 0 Å². The van der Waals surface area contributed by atoms with Crippen LogP contribution < -0.4 is 0 Å². The van der Waals surface area contributed by atoms with Gasteiger partial charge in [-0.1, -0.05) is 24.3 Å². The van der Waals surface area contributed by atoms with E-state index in [9.17, 15) is 13.5 Å². The second-order valence-corrected chi connectivity index (χ2v) is 8.16. The van der Waals surface area contributed by atoms with Gasteiger partial charge in [0.1, 0.15) is 10.3 Å². The van der Waals surface area contributed by atoms with Crippen LogP contribution in [0.2, 0.25) is 0 Å². The van der Waals surface area contributed by atoms with Crippen molar-refractivity contribution < 1.29 is 13.5 Å². The van der Waals surface area contributed by atoms with Crippen molar-refractivity contribution >= 4 is 10.0 Å². The number of nitrogens with zero attached hydrogens (tertiary/aromatic N) is 1. The normalized spacial score (nSPS) is 28.3. The first kappa shape index (κ1) is 13.6. The molecule has 0 radical (unpaired) electrons. The Balaban J connectivity index is 2.07. The molecule has 0 saturated heterocycles. The maximum Gasteiger partial charge on any atom is 0.248 e. The number of aromatic nitrogens is 1. The minimum absolute atomic E-state index is 0.446. The van der Waals surface area contributed by atoms with E-state index >= 15 is 0 Å². The molecule has 1 unspecified atom stereocenters. The largest absolute Gasteiger partial charge is 0.384 e. The molecule has 2 aliphatic rings. The van der Waals surface area contributed by atoms with Gasteiger partial charge < -0.3 is 5.11 Å². The first-order valence-corrected chi connectivity index (χ1v) is 8.33. The molecule has 20 heavy (non-hydrogen) atoms. The zero-order valence-electron chi connectivity index (χ0n) is 11.5. The Morgan fingerprint density at radius 1 is 1.30 bits per heavy atom. The van der Waals surface area contributed by atoms with Gasteiger partial charge in [0.15, 0.2) is 0 Å². The number of rotatable bonds is 3. The Morgan fingerprint density at radius 2 is 2.05 bits per heavy atom. The lowest BCUT2D eigenvalue weighted by Crippen LogP contribution is -2.43. The molecule has 0 aliphatic heterocycles. The van der Waals surface area contributed by atoms with Crippen molar-refractivity contribution in [1.82, 2.24) is 3.97 Å². The Kier molecular flexibility index (Phi) is 2.95. The summed E-state index contributed by atoms with van der Waals surface area (Å²) in [6, 6.07) is 3.40. The van der Waals surface area contributed by atoms with E-state index in [4.69, 9.17) is 0 Å². The summed E-state index contributed by atoms with van der Waals surface area (Å²) in [7, 11) is -3.59. The number of aliphatic hydroxyl groups is 1. The van der Waals surface area contributed by atoms with Crippen LogP contribution >= 0.6 is 0 Å². The highest BCUT2D eigenvalue weighted by Gasteiger charge is 2.44. The van der Waals surface area contributed by atoms with Crippen LogP contribution in [0.1, 0.15) is 38.3 Å². The molecule has 0 spiro atoms. The second kappa shape index (κ2) is 4.33. The van der Waals surface area contributed by atoms with E-state index in [0.29, 0.717) is 25.0 Å². The van der Waals surface area contributed by atoms with Crippen LogP contribution in [0.5, 0.6) is 0 Å². The number of hydrogen-bond acceptors (Lipinski definition) is 3. The third kappa shape index (κ3) is 1.80. The van der Waals surface area contributed by atoms with Gasteiger partial charge in [-0.25, -0.2) is 12.4 Å². The van der Waals surface area contributed by atoms with Crippen LogP contribution in [0.3, 0.4) is 0 Å². The standard InChI is InChI=1S/C15H19NO3S/c1-14(8-3-2-4-9-14)20(18,19)16-12-5-7-13(16)15(17)10-6-11-15/h2-5,7-8,12,17H,6,9-11H2,1H3. The molecule has 5 heteroatoms. The van der Waals surface area contributed by atoms with Gasteiger partial charge in [0.2, 0.25) is 10.0 Å². The first-order chi connectivity index (χ1) is 9.39. The quantitative estimate of drug-likeness (QED) is 0.930. The van der Waals surface area contributed by atoms with E-state index in [0.717, 1.165) is 6.42 Å². The molecule has 1 atom stereocenters. The summed E-state index contributed by atoms with van der Waals surface area (Å²) in [5.74, 6) is 0. The zero-order valence-corrected chi connectivity index (χ0v) is 12.3. The predicted octanol–water partition coefficient (Wildman–Crippen LogP) is 2.31. The molecule has 108 valence electrons. The van der Waals surface area contributed by atoms with Crippen molar-refractivity contribution in [2.75, 3.05) is 0 Å². The van der Waals surface area contributed by atoms with Crippen LogP contribution in [-0.2, 0) is 15.6 Å². The topological polar surface area (TPSA) is 59.3 Å². The van der Waals surface area contributed by atoms with Crippen LogP contribution in [0.4, 0.5) is 0 Å². The SMILES string of the molecule is CC1(S(=O)(=O)n2cccc2C2(O)CCC2)C=CC=CC1. The maximum absolute atomic E-state index is 12.9. The van der Waals surface area contributed by atoms with E-state index in [-0.39, 0.29) is 0 Å². The Labute approximate surface area is 119 Å². The van der Waals surface area contributed by atoms with E-state index in [1.54, 1.807) is 37.4 Å². The average molecular weight is 293 g/mol. The number of allylic oxidation sites excluding steroid dienone is 3. The lowest BCUT2D eigenvalue weighted by atomic mass is 9.78. The Bertz CT molecular complexity index is 680. The van der Waals surface area contributed by atoms with Gasteiger partial charge in [0.05, 0.1) is 5.69 Å². The summed E-state index contributed by atoms with van der Waals surface area (Å²) < 4.78 is 26.2. The molecule has 0 aromatic carbocycles. The van der Waals surface area contributed by atoms with Gasteiger partial charge >= 0.3 is 0 Å². The maximum atomic E-state index is 12.9. The van der Waals surface area contributed by atoms with Crippen molar-refractivity contribution in [3.63, 3.8) is 0 Å². The summed E-state index contributed by atoms with van der Waals surface area (Å²) in [5.41, 5.74) is -0.492. The Hall–Kier alpha value is -1.33. The second-order valence-electron chi connectivity index (χ2n) is 5.88. The molecule has 1 aromatic rings. The third-order valence-corrected chi connectivity index (χ3v) is 6.76. The fraction of sp³-hybridized carbons (Fsp3) is 0.467. The molecule has 2 aliphatic carbocycles. The minimum Gasteiger partial charge on any atom is -0.384 e. The van der Waals surface area contributed by atoms with Crippen molar-refractivity contribution in [2.45, 2.75) is 43.0 Å². The molecule has 1 fully saturated rings. The van der Waals surface area contributed by atoms with Gasteiger partial charge in [-0.15, -0.1) is 0 Å².